The fourth-order valence-electron chi connectivity index (χ4n) is 3.09. The highest BCUT2D eigenvalue weighted by Crippen LogP contribution is 2.32. The Balaban J connectivity index is 2.09. The molecule has 1 aromatic heterocycles. The zero-order chi connectivity index (χ0) is 14.8. The first-order chi connectivity index (χ1) is 10.2. The number of hydrogen-bond donors (Lipinski definition) is 1. The summed E-state index contributed by atoms with van der Waals surface area (Å²) in [6, 6.07) is 10.0. The van der Waals surface area contributed by atoms with Gasteiger partial charge in [-0.15, -0.1) is 10.2 Å². The van der Waals surface area contributed by atoms with Crippen LogP contribution in [0.4, 0.5) is 5.69 Å². The SMILES string of the molecule is CC1CCN(c2c(C#N)nnc3ccccc23)CC1CN. The van der Waals surface area contributed by atoms with Crippen molar-refractivity contribution in [3.05, 3.63) is 30.0 Å². The summed E-state index contributed by atoms with van der Waals surface area (Å²) in [5, 5.41) is 18.6. The lowest BCUT2D eigenvalue weighted by Gasteiger charge is -2.38. The van der Waals surface area contributed by atoms with Gasteiger partial charge in [-0.25, -0.2) is 0 Å². The van der Waals surface area contributed by atoms with Crippen LogP contribution in [0.15, 0.2) is 24.3 Å². The molecule has 2 unspecified atom stereocenters. The van der Waals surface area contributed by atoms with E-state index >= 15 is 0 Å². The van der Waals surface area contributed by atoms with Crippen LogP contribution in [-0.2, 0) is 0 Å². The van der Waals surface area contributed by atoms with Crippen LogP contribution in [0.25, 0.3) is 10.9 Å². The summed E-state index contributed by atoms with van der Waals surface area (Å²) in [6.45, 7) is 4.74. The number of nitrogens with two attached hydrogens (primary N) is 1. The number of nitrogens with zero attached hydrogens (tertiary/aromatic N) is 4. The first kappa shape index (κ1) is 13.8. The molecule has 0 amide bonds. The van der Waals surface area contributed by atoms with Gasteiger partial charge in [-0.05, 0) is 30.9 Å². The Morgan fingerprint density at radius 2 is 2.19 bits per heavy atom. The predicted octanol–water partition coefficient (Wildman–Crippen LogP) is 1.92. The smallest absolute Gasteiger partial charge is 0.187 e. The third-order valence-electron chi connectivity index (χ3n) is 4.48. The molecule has 1 aliphatic rings. The largest absolute Gasteiger partial charge is 0.368 e. The number of benzene rings is 1. The molecule has 2 N–H and O–H groups in total. The second-order valence-electron chi connectivity index (χ2n) is 5.73. The zero-order valence-electron chi connectivity index (χ0n) is 12.2. The minimum absolute atomic E-state index is 0.402. The van der Waals surface area contributed by atoms with Gasteiger partial charge in [0.1, 0.15) is 6.07 Å². The topological polar surface area (TPSA) is 78.8 Å². The Morgan fingerprint density at radius 1 is 1.38 bits per heavy atom. The van der Waals surface area contributed by atoms with Crippen LogP contribution in [0, 0.1) is 23.2 Å². The fraction of sp³-hybridized carbons (Fsp3) is 0.438. The molecule has 1 saturated heterocycles. The van der Waals surface area contributed by atoms with E-state index in [0.717, 1.165) is 36.1 Å². The van der Waals surface area contributed by atoms with Crippen LogP contribution in [0.5, 0.6) is 0 Å². The summed E-state index contributed by atoms with van der Waals surface area (Å²) in [4.78, 5) is 2.26. The van der Waals surface area contributed by atoms with Crippen LogP contribution in [0.2, 0.25) is 0 Å². The molecule has 5 nitrogen and oxygen atoms in total. The summed E-state index contributed by atoms with van der Waals surface area (Å²) in [6.07, 6.45) is 1.09. The zero-order valence-corrected chi connectivity index (χ0v) is 12.2. The van der Waals surface area contributed by atoms with Gasteiger partial charge >= 0.3 is 0 Å². The maximum Gasteiger partial charge on any atom is 0.187 e. The predicted molar refractivity (Wildman–Crippen MR) is 82.8 cm³/mol. The Bertz CT molecular complexity index is 691. The van der Waals surface area contributed by atoms with E-state index < -0.39 is 0 Å². The molecule has 2 aromatic rings. The lowest BCUT2D eigenvalue weighted by Crippen LogP contribution is -2.43. The van der Waals surface area contributed by atoms with Crippen molar-refractivity contribution < 1.29 is 0 Å². The summed E-state index contributed by atoms with van der Waals surface area (Å²) >= 11 is 0. The van der Waals surface area contributed by atoms with Crippen molar-refractivity contribution >= 4 is 16.6 Å². The average molecular weight is 281 g/mol. The Morgan fingerprint density at radius 3 is 2.95 bits per heavy atom. The van der Waals surface area contributed by atoms with E-state index in [1.807, 2.05) is 24.3 Å². The first-order valence-electron chi connectivity index (χ1n) is 7.35. The second-order valence-corrected chi connectivity index (χ2v) is 5.73. The molecule has 1 aromatic carbocycles. The van der Waals surface area contributed by atoms with Gasteiger partial charge in [-0.3, -0.25) is 0 Å². The summed E-state index contributed by atoms with van der Waals surface area (Å²) in [5.41, 5.74) is 8.04. The van der Waals surface area contributed by atoms with E-state index in [1.165, 1.54) is 0 Å². The molecule has 0 saturated carbocycles. The molecule has 5 heteroatoms. The molecule has 2 heterocycles. The maximum atomic E-state index is 9.38. The average Bonchev–Trinajstić information content (AvgIpc) is 2.54. The van der Waals surface area contributed by atoms with Gasteiger partial charge in [-0.2, -0.15) is 5.26 Å². The minimum atomic E-state index is 0.402. The quantitative estimate of drug-likeness (QED) is 0.909. The lowest BCUT2D eigenvalue weighted by molar-refractivity contribution is 0.308. The fourth-order valence-corrected chi connectivity index (χ4v) is 3.09. The van der Waals surface area contributed by atoms with E-state index in [2.05, 4.69) is 28.1 Å². The molecule has 1 fully saturated rings. The van der Waals surface area contributed by atoms with Gasteiger partial charge in [0.15, 0.2) is 5.69 Å². The molecule has 21 heavy (non-hydrogen) atoms. The van der Waals surface area contributed by atoms with E-state index in [-0.39, 0.29) is 0 Å². The van der Waals surface area contributed by atoms with Crippen molar-refractivity contribution in [2.24, 2.45) is 17.6 Å². The number of rotatable bonds is 2. The van der Waals surface area contributed by atoms with Crippen molar-refractivity contribution in [1.82, 2.24) is 10.2 Å². The lowest BCUT2D eigenvalue weighted by atomic mass is 9.86. The van der Waals surface area contributed by atoms with Crippen molar-refractivity contribution in [1.29, 1.82) is 5.26 Å². The number of aromatic nitrogens is 2. The minimum Gasteiger partial charge on any atom is -0.368 e. The molecule has 1 aliphatic heterocycles. The Labute approximate surface area is 124 Å². The van der Waals surface area contributed by atoms with Crippen LogP contribution < -0.4 is 10.6 Å². The van der Waals surface area contributed by atoms with E-state index in [9.17, 15) is 5.26 Å². The molecule has 108 valence electrons. The highest BCUT2D eigenvalue weighted by atomic mass is 15.2. The van der Waals surface area contributed by atoms with Crippen molar-refractivity contribution in [3.8, 4) is 6.07 Å². The van der Waals surface area contributed by atoms with Gasteiger partial charge in [0, 0.05) is 18.5 Å². The first-order valence-corrected chi connectivity index (χ1v) is 7.35. The standard InChI is InChI=1S/C16H19N5/c1-11-6-7-21(10-12(11)8-17)16-13-4-2-3-5-14(13)19-20-15(16)9-18/h2-5,11-12H,6-8,10,17H2,1H3. The third kappa shape index (κ3) is 2.43. The summed E-state index contributed by atoms with van der Waals surface area (Å²) in [7, 11) is 0. The molecule has 0 spiro atoms. The van der Waals surface area contributed by atoms with E-state index in [4.69, 9.17) is 5.73 Å². The van der Waals surface area contributed by atoms with Crippen molar-refractivity contribution in [2.45, 2.75) is 13.3 Å². The normalized spacial score (nSPS) is 22.2. The molecular formula is C16H19N5. The number of hydrogen-bond acceptors (Lipinski definition) is 5. The van der Waals surface area contributed by atoms with Crippen LogP contribution in [0.3, 0.4) is 0 Å². The van der Waals surface area contributed by atoms with E-state index in [1.54, 1.807) is 0 Å². The van der Waals surface area contributed by atoms with Crippen LogP contribution in [0.1, 0.15) is 19.0 Å². The maximum absolute atomic E-state index is 9.38. The molecule has 0 aliphatic carbocycles. The monoisotopic (exact) mass is 281 g/mol. The van der Waals surface area contributed by atoms with Crippen LogP contribution >= 0.6 is 0 Å². The highest BCUT2D eigenvalue weighted by Gasteiger charge is 2.28. The van der Waals surface area contributed by atoms with Crippen LogP contribution in [-0.4, -0.2) is 29.8 Å². The molecule has 2 atom stereocenters. The summed E-state index contributed by atoms with van der Waals surface area (Å²) < 4.78 is 0. The van der Waals surface area contributed by atoms with Gasteiger partial charge in [0.05, 0.1) is 11.2 Å². The number of fused-ring (bicyclic) bond motifs is 1. The number of anilines is 1. The van der Waals surface area contributed by atoms with Gasteiger partial charge in [0.25, 0.3) is 0 Å². The van der Waals surface area contributed by atoms with Crippen molar-refractivity contribution in [3.63, 3.8) is 0 Å². The van der Waals surface area contributed by atoms with Gasteiger partial charge < -0.3 is 10.6 Å². The molecular weight excluding hydrogens is 262 g/mol. The molecule has 0 bridgehead atoms. The second kappa shape index (κ2) is 5.66. The molecule has 3 rings (SSSR count). The molecule has 0 radical (unpaired) electrons. The van der Waals surface area contributed by atoms with Crippen molar-refractivity contribution in [2.75, 3.05) is 24.5 Å². The Hall–Kier alpha value is -2.19. The number of nitriles is 1. The highest BCUT2D eigenvalue weighted by molar-refractivity contribution is 5.93. The van der Waals surface area contributed by atoms with Gasteiger partial charge in [-0.1, -0.05) is 25.1 Å². The Kier molecular flexibility index (Phi) is 3.72. The van der Waals surface area contributed by atoms with E-state index in [0.29, 0.717) is 24.1 Å². The summed E-state index contributed by atoms with van der Waals surface area (Å²) in [5.74, 6) is 1.08. The third-order valence-corrected chi connectivity index (χ3v) is 4.48. The number of piperidine rings is 1. The van der Waals surface area contributed by atoms with Gasteiger partial charge in [0.2, 0.25) is 0 Å².